The third kappa shape index (κ3) is 3.34. The number of carbonyl (C=O) groups excluding carboxylic acids is 3. The standard InChI is InChI=1S/C21H18N2O6/c22-19(25)11-23-16-4-2-1-3-15(16)21(27,20(23)26)10-14(24)7-5-13-6-8-17-18(9-13)29-12-28-17/h1-9,27H,10-12H2,(H2,22,25)/b7-5+/t21-/m0/s1. The van der Waals surface area contributed by atoms with Crippen LogP contribution >= 0.6 is 0 Å². The Morgan fingerprint density at radius 3 is 2.72 bits per heavy atom. The second-order valence-electron chi connectivity index (χ2n) is 6.82. The van der Waals surface area contributed by atoms with Gasteiger partial charge in [0.25, 0.3) is 5.91 Å². The van der Waals surface area contributed by atoms with Crippen LogP contribution in [0.15, 0.2) is 48.5 Å². The number of carbonyl (C=O) groups is 3. The summed E-state index contributed by atoms with van der Waals surface area (Å²) in [5.74, 6) is -0.700. The Balaban J connectivity index is 1.55. The van der Waals surface area contributed by atoms with Gasteiger partial charge >= 0.3 is 0 Å². The lowest BCUT2D eigenvalue weighted by molar-refractivity contribution is -0.141. The molecule has 0 spiro atoms. The van der Waals surface area contributed by atoms with E-state index in [0.717, 1.165) is 4.90 Å². The van der Waals surface area contributed by atoms with Gasteiger partial charge in [-0.05, 0) is 29.8 Å². The van der Waals surface area contributed by atoms with Crippen LogP contribution in [0, 0.1) is 0 Å². The van der Waals surface area contributed by atoms with Crippen molar-refractivity contribution in [2.75, 3.05) is 18.2 Å². The van der Waals surface area contributed by atoms with Crippen LogP contribution in [0.2, 0.25) is 0 Å². The highest BCUT2D eigenvalue weighted by atomic mass is 16.7. The minimum atomic E-state index is -2.05. The Hall–Kier alpha value is -3.65. The lowest BCUT2D eigenvalue weighted by Crippen LogP contribution is -2.44. The molecule has 2 aromatic carbocycles. The van der Waals surface area contributed by atoms with Crippen LogP contribution < -0.4 is 20.1 Å². The molecular formula is C21H18N2O6. The number of nitrogens with zero attached hydrogens (tertiary/aromatic N) is 1. The van der Waals surface area contributed by atoms with Crippen molar-refractivity contribution in [2.24, 2.45) is 5.73 Å². The first-order chi connectivity index (χ1) is 13.9. The lowest BCUT2D eigenvalue weighted by atomic mass is 9.89. The largest absolute Gasteiger partial charge is 0.454 e. The van der Waals surface area contributed by atoms with Gasteiger partial charge in [-0.25, -0.2) is 0 Å². The number of anilines is 1. The van der Waals surface area contributed by atoms with E-state index in [4.69, 9.17) is 15.2 Å². The topological polar surface area (TPSA) is 119 Å². The number of para-hydroxylation sites is 1. The van der Waals surface area contributed by atoms with Crippen molar-refractivity contribution in [3.63, 3.8) is 0 Å². The molecule has 0 bridgehead atoms. The van der Waals surface area contributed by atoms with Gasteiger partial charge in [0, 0.05) is 5.56 Å². The van der Waals surface area contributed by atoms with Gasteiger partial charge in [0.1, 0.15) is 6.54 Å². The van der Waals surface area contributed by atoms with Gasteiger partial charge in [-0.2, -0.15) is 0 Å². The van der Waals surface area contributed by atoms with Crippen LogP contribution in [0.3, 0.4) is 0 Å². The minimum Gasteiger partial charge on any atom is -0.454 e. The molecule has 2 heterocycles. The number of ketones is 1. The van der Waals surface area contributed by atoms with Crippen molar-refractivity contribution in [2.45, 2.75) is 12.0 Å². The van der Waals surface area contributed by atoms with Gasteiger partial charge in [-0.15, -0.1) is 0 Å². The SMILES string of the molecule is NC(=O)CN1C(=O)[C@](O)(CC(=O)/C=C/c2ccc3c(c2)OCO3)c2ccccc21. The molecule has 2 aliphatic heterocycles. The molecule has 8 nitrogen and oxygen atoms in total. The summed E-state index contributed by atoms with van der Waals surface area (Å²) in [6, 6.07) is 11.7. The first-order valence-corrected chi connectivity index (χ1v) is 8.91. The summed E-state index contributed by atoms with van der Waals surface area (Å²) >= 11 is 0. The molecule has 2 aliphatic rings. The van der Waals surface area contributed by atoms with Crippen LogP contribution in [-0.2, 0) is 20.0 Å². The number of rotatable bonds is 6. The van der Waals surface area contributed by atoms with Gasteiger partial charge in [0.15, 0.2) is 22.9 Å². The van der Waals surface area contributed by atoms with Gasteiger partial charge in [-0.1, -0.05) is 30.3 Å². The maximum atomic E-state index is 12.8. The average Bonchev–Trinajstić information content (AvgIpc) is 3.24. The van der Waals surface area contributed by atoms with E-state index in [9.17, 15) is 19.5 Å². The third-order valence-corrected chi connectivity index (χ3v) is 4.84. The van der Waals surface area contributed by atoms with E-state index in [1.54, 1.807) is 48.5 Å². The highest BCUT2D eigenvalue weighted by Gasteiger charge is 2.50. The van der Waals surface area contributed by atoms with Gasteiger partial charge in [0.2, 0.25) is 12.7 Å². The normalized spacial score (nSPS) is 19.6. The van der Waals surface area contributed by atoms with Crippen LogP contribution in [0.4, 0.5) is 5.69 Å². The van der Waals surface area contributed by atoms with E-state index in [2.05, 4.69) is 0 Å². The Labute approximate surface area is 166 Å². The number of aliphatic hydroxyl groups is 1. The fraction of sp³-hybridized carbons (Fsp3) is 0.190. The van der Waals surface area contributed by atoms with Crippen molar-refractivity contribution in [3.05, 3.63) is 59.7 Å². The Kier molecular flexibility index (Phi) is 4.56. The number of benzene rings is 2. The zero-order valence-corrected chi connectivity index (χ0v) is 15.3. The van der Waals surface area contributed by atoms with Crippen LogP contribution in [0.25, 0.3) is 6.08 Å². The van der Waals surface area contributed by atoms with Crippen molar-refractivity contribution in [3.8, 4) is 11.5 Å². The lowest BCUT2D eigenvalue weighted by Gasteiger charge is -2.21. The number of hydrogen-bond donors (Lipinski definition) is 2. The molecule has 0 radical (unpaired) electrons. The summed E-state index contributed by atoms with van der Waals surface area (Å²) in [7, 11) is 0. The van der Waals surface area contributed by atoms with Crippen molar-refractivity contribution < 1.29 is 29.0 Å². The smallest absolute Gasteiger partial charge is 0.264 e. The van der Waals surface area contributed by atoms with Crippen molar-refractivity contribution >= 4 is 29.4 Å². The van der Waals surface area contributed by atoms with E-state index in [0.29, 0.717) is 22.7 Å². The number of allylic oxidation sites excluding steroid dienone is 1. The Morgan fingerprint density at radius 1 is 1.17 bits per heavy atom. The number of amides is 2. The number of nitrogens with two attached hydrogens (primary N) is 1. The molecule has 2 amide bonds. The molecule has 0 aliphatic carbocycles. The molecule has 2 aromatic rings. The number of fused-ring (bicyclic) bond motifs is 2. The number of hydrogen-bond acceptors (Lipinski definition) is 6. The first kappa shape index (κ1) is 18.7. The first-order valence-electron chi connectivity index (χ1n) is 8.91. The zero-order valence-electron chi connectivity index (χ0n) is 15.3. The third-order valence-electron chi connectivity index (χ3n) is 4.84. The maximum Gasteiger partial charge on any atom is 0.264 e. The summed E-state index contributed by atoms with van der Waals surface area (Å²) in [4.78, 5) is 37.8. The molecule has 1 atom stereocenters. The van der Waals surface area contributed by atoms with E-state index >= 15 is 0 Å². The van der Waals surface area contributed by atoms with Crippen molar-refractivity contribution in [1.29, 1.82) is 0 Å². The molecule has 0 unspecified atom stereocenters. The van der Waals surface area contributed by atoms with Gasteiger partial charge in [-0.3, -0.25) is 19.3 Å². The summed E-state index contributed by atoms with van der Waals surface area (Å²) < 4.78 is 10.5. The molecule has 0 fully saturated rings. The van der Waals surface area contributed by atoms with Gasteiger partial charge in [0.05, 0.1) is 12.1 Å². The summed E-state index contributed by atoms with van der Waals surface area (Å²) in [6.07, 6.45) is 2.40. The molecular weight excluding hydrogens is 376 g/mol. The molecule has 4 rings (SSSR count). The fourth-order valence-corrected chi connectivity index (χ4v) is 3.51. The van der Waals surface area contributed by atoms with Crippen molar-refractivity contribution in [1.82, 2.24) is 0 Å². The molecule has 0 saturated carbocycles. The Morgan fingerprint density at radius 2 is 1.93 bits per heavy atom. The monoisotopic (exact) mass is 394 g/mol. The quantitative estimate of drug-likeness (QED) is 0.709. The second kappa shape index (κ2) is 7.06. The Bertz CT molecular complexity index is 1050. The molecule has 3 N–H and O–H groups in total. The minimum absolute atomic E-state index is 0.151. The average molecular weight is 394 g/mol. The molecule has 8 heteroatoms. The molecule has 29 heavy (non-hydrogen) atoms. The summed E-state index contributed by atoms with van der Waals surface area (Å²) in [6.45, 7) is -0.225. The number of primary amides is 1. The van der Waals surface area contributed by atoms with E-state index in [1.165, 1.54) is 6.08 Å². The molecule has 0 aromatic heterocycles. The zero-order chi connectivity index (χ0) is 20.6. The van der Waals surface area contributed by atoms with Gasteiger partial charge < -0.3 is 20.3 Å². The predicted molar refractivity (Wildman–Crippen MR) is 103 cm³/mol. The van der Waals surface area contributed by atoms with E-state index in [-0.39, 0.29) is 18.9 Å². The van der Waals surface area contributed by atoms with Crippen LogP contribution in [-0.4, -0.2) is 36.0 Å². The highest BCUT2D eigenvalue weighted by molar-refractivity contribution is 6.12. The fourth-order valence-electron chi connectivity index (χ4n) is 3.51. The molecule has 0 saturated heterocycles. The van der Waals surface area contributed by atoms with E-state index < -0.39 is 29.6 Å². The second-order valence-corrected chi connectivity index (χ2v) is 6.82. The highest BCUT2D eigenvalue weighted by Crippen LogP contribution is 2.42. The summed E-state index contributed by atoms with van der Waals surface area (Å²) in [5.41, 5.74) is 4.52. The van der Waals surface area contributed by atoms with Crippen LogP contribution in [0.1, 0.15) is 17.5 Å². The van der Waals surface area contributed by atoms with E-state index in [1.807, 2.05) is 0 Å². The van der Waals surface area contributed by atoms with Crippen LogP contribution in [0.5, 0.6) is 11.5 Å². The predicted octanol–water partition coefficient (Wildman–Crippen LogP) is 1.11. The number of ether oxygens (including phenoxy) is 2. The molecule has 148 valence electrons. The maximum absolute atomic E-state index is 12.8. The summed E-state index contributed by atoms with van der Waals surface area (Å²) in [5, 5.41) is 11.1.